The summed E-state index contributed by atoms with van der Waals surface area (Å²) >= 11 is 6.22. The van der Waals surface area contributed by atoms with Gasteiger partial charge in [-0.1, -0.05) is 29.3 Å². The van der Waals surface area contributed by atoms with E-state index in [2.05, 4.69) is 20.8 Å². The highest BCUT2D eigenvalue weighted by Crippen LogP contribution is 2.25. The molecule has 0 spiro atoms. The standard InChI is InChI=1S/C21H18ClN5O4/c1-14-2-5-16(6-3-14)25-21(28)13-31-19-8-4-15(10-18(19)22)11-24-26-20-9-7-17(12-23-20)27(29)30/h2-12H,13H2,1H3,(H,23,26)(H,25,28)/b24-11+. The van der Waals surface area contributed by atoms with E-state index in [1.807, 2.05) is 31.2 Å². The number of rotatable bonds is 8. The second kappa shape index (κ2) is 10.2. The maximum absolute atomic E-state index is 12.0. The molecule has 0 aliphatic heterocycles. The Labute approximate surface area is 182 Å². The predicted molar refractivity (Wildman–Crippen MR) is 119 cm³/mol. The molecule has 0 bridgehead atoms. The Hall–Kier alpha value is -3.98. The number of amides is 1. The molecule has 2 N–H and O–H groups in total. The third-order valence-corrected chi connectivity index (χ3v) is 4.30. The number of ether oxygens (including phenoxy) is 1. The average Bonchev–Trinajstić information content (AvgIpc) is 2.75. The molecule has 1 heterocycles. The lowest BCUT2D eigenvalue weighted by molar-refractivity contribution is -0.385. The Morgan fingerprint density at radius 3 is 2.65 bits per heavy atom. The molecule has 9 nitrogen and oxygen atoms in total. The number of aromatic nitrogens is 1. The van der Waals surface area contributed by atoms with Gasteiger partial charge in [0.1, 0.15) is 17.8 Å². The minimum absolute atomic E-state index is 0.107. The maximum atomic E-state index is 12.0. The summed E-state index contributed by atoms with van der Waals surface area (Å²) in [6, 6.07) is 15.2. The third kappa shape index (κ3) is 6.51. The first-order chi connectivity index (χ1) is 14.9. The number of pyridine rings is 1. The number of nitrogens with one attached hydrogen (secondary N) is 2. The van der Waals surface area contributed by atoms with Gasteiger partial charge in [0.15, 0.2) is 6.61 Å². The Morgan fingerprint density at radius 2 is 2.00 bits per heavy atom. The highest BCUT2D eigenvalue weighted by atomic mass is 35.5. The molecule has 0 unspecified atom stereocenters. The number of hydrazone groups is 1. The van der Waals surface area contributed by atoms with E-state index in [-0.39, 0.29) is 18.2 Å². The van der Waals surface area contributed by atoms with Gasteiger partial charge in [0.05, 0.1) is 16.2 Å². The van der Waals surface area contributed by atoms with Crippen LogP contribution in [0.1, 0.15) is 11.1 Å². The second-order valence-electron chi connectivity index (χ2n) is 6.42. The van der Waals surface area contributed by atoms with Gasteiger partial charge >= 0.3 is 0 Å². The zero-order chi connectivity index (χ0) is 22.2. The van der Waals surface area contributed by atoms with Crippen LogP contribution >= 0.6 is 11.6 Å². The quantitative estimate of drug-likeness (QED) is 0.305. The molecule has 0 fully saturated rings. The van der Waals surface area contributed by atoms with Gasteiger partial charge in [-0.25, -0.2) is 4.98 Å². The Bertz CT molecular complexity index is 1100. The normalized spacial score (nSPS) is 10.6. The number of nitro groups is 1. The summed E-state index contributed by atoms with van der Waals surface area (Å²) in [4.78, 5) is 26.0. The van der Waals surface area contributed by atoms with Gasteiger partial charge in [0, 0.05) is 11.8 Å². The summed E-state index contributed by atoms with van der Waals surface area (Å²) < 4.78 is 5.48. The monoisotopic (exact) mass is 439 g/mol. The van der Waals surface area contributed by atoms with E-state index in [9.17, 15) is 14.9 Å². The maximum Gasteiger partial charge on any atom is 0.287 e. The number of hydrogen-bond acceptors (Lipinski definition) is 7. The van der Waals surface area contributed by atoms with Crippen LogP contribution in [0.25, 0.3) is 0 Å². The van der Waals surface area contributed by atoms with E-state index in [4.69, 9.17) is 16.3 Å². The zero-order valence-corrected chi connectivity index (χ0v) is 17.2. The summed E-state index contributed by atoms with van der Waals surface area (Å²) in [6.07, 6.45) is 2.64. The fraction of sp³-hybridized carbons (Fsp3) is 0.0952. The molecule has 1 amide bonds. The third-order valence-electron chi connectivity index (χ3n) is 4.00. The first-order valence-corrected chi connectivity index (χ1v) is 9.47. The molecule has 0 aliphatic rings. The number of nitrogens with zero attached hydrogens (tertiary/aromatic N) is 3. The van der Waals surface area contributed by atoms with Crippen LogP contribution < -0.4 is 15.5 Å². The van der Waals surface area contributed by atoms with Crippen molar-refractivity contribution in [1.82, 2.24) is 4.98 Å². The van der Waals surface area contributed by atoms with E-state index >= 15 is 0 Å². The molecule has 0 aliphatic carbocycles. The number of aryl methyl sites for hydroxylation is 1. The lowest BCUT2D eigenvalue weighted by atomic mass is 10.2. The number of hydrogen-bond donors (Lipinski definition) is 2. The van der Waals surface area contributed by atoms with Crippen LogP contribution in [0, 0.1) is 17.0 Å². The fourth-order valence-electron chi connectivity index (χ4n) is 2.42. The molecule has 3 rings (SSSR count). The Balaban J connectivity index is 1.51. The molecule has 0 radical (unpaired) electrons. The van der Waals surface area contributed by atoms with Crippen molar-refractivity contribution in [2.24, 2.45) is 5.10 Å². The first kappa shape index (κ1) is 21.7. The van der Waals surface area contributed by atoms with Crippen molar-refractivity contribution in [3.63, 3.8) is 0 Å². The van der Waals surface area contributed by atoms with Gasteiger partial charge in [0.2, 0.25) is 0 Å². The van der Waals surface area contributed by atoms with Crippen LogP contribution in [0.15, 0.2) is 65.9 Å². The fourth-order valence-corrected chi connectivity index (χ4v) is 2.67. The summed E-state index contributed by atoms with van der Waals surface area (Å²) in [5, 5.41) is 17.7. The summed E-state index contributed by atoms with van der Waals surface area (Å²) in [5.74, 6) is 0.417. The number of carbonyl (C=O) groups is 1. The second-order valence-corrected chi connectivity index (χ2v) is 6.83. The van der Waals surface area contributed by atoms with Gasteiger partial charge in [-0.3, -0.25) is 20.3 Å². The van der Waals surface area contributed by atoms with Gasteiger partial charge in [-0.2, -0.15) is 5.10 Å². The van der Waals surface area contributed by atoms with Crippen LogP contribution in [0.5, 0.6) is 5.75 Å². The SMILES string of the molecule is Cc1ccc(NC(=O)COc2ccc(/C=N/Nc3ccc([N+](=O)[O-])cn3)cc2Cl)cc1. The van der Waals surface area contributed by atoms with Crippen LogP contribution in [0.3, 0.4) is 0 Å². The van der Waals surface area contributed by atoms with Crippen LogP contribution in [0.4, 0.5) is 17.2 Å². The van der Waals surface area contributed by atoms with Gasteiger partial charge < -0.3 is 10.1 Å². The molecule has 0 saturated carbocycles. The molecular weight excluding hydrogens is 422 g/mol. The minimum atomic E-state index is -0.530. The molecule has 10 heteroatoms. The van der Waals surface area contributed by atoms with Crippen molar-refractivity contribution in [3.05, 3.63) is 87.1 Å². The highest BCUT2D eigenvalue weighted by molar-refractivity contribution is 6.32. The lowest BCUT2D eigenvalue weighted by Gasteiger charge is -2.09. The average molecular weight is 440 g/mol. The van der Waals surface area contributed by atoms with Gasteiger partial charge in [-0.15, -0.1) is 0 Å². The van der Waals surface area contributed by atoms with Crippen molar-refractivity contribution < 1.29 is 14.5 Å². The molecule has 31 heavy (non-hydrogen) atoms. The lowest BCUT2D eigenvalue weighted by Crippen LogP contribution is -2.20. The van der Waals surface area contributed by atoms with Gasteiger partial charge in [-0.05, 0) is 48.9 Å². The van der Waals surface area contributed by atoms with Crippen molar-refractivity contribution in [2.45, 2.75) is 6.92 Å². The van der Waals surface area contributed by atoms with Gasteiger partial charge in [0.25, 0.3) is 11.6 Å². The molecule has 3 aromatic rings. The van der Waals surface area contributed by atoms with E-state index in [1.165, 1.54) is 18.3 Å². The first-order valence-electron chi connectivity index (χ1n) is 9.09. The largest absolute Gasteiger partial charge is 0.482 e. The Kier molecular flexibility index (Phi) is 7.13. The van der Waals surface area contributed by atoms with Crippen molar-refractivity contribution in [3.8, 4) is 5.75 Å². The summed E-state index contributed by atoms with van der Waals surface area (Å²) in [7, 11) is 0. The summed E-state index contributed by atoms with van der Waals surface area (Å²) in [5.41, 5.74) is 5.03. The summed E-state index contributed by atoms with van der Waals surface area (Å²) in [6.45, 7) is 1.78. The number of halogens is 1. The number of anilines is 2. The van der Waals surface area contributed by atoms with Crippen molar-refractivity contribution in [1.29, 1.82) is 0 Å². The molecule has 158 valence electrons. The molecule has 0 saturated heterocycles. The minimum Gasteiger partial charge on any atom is -0.482 e. The zero-order valence-electron chi connectivity index (χ0n) is 16.4. The van der Waals surface area contributed by atoms with E-state index in [0.717, 1.165) is 11.8 Å². The highest BCUT2D eigenvalue weighted by Gasteiger charge is 2.08. The van der Waals surface area contributed by atoms with Crippen LogP contribution in [-0.2, 0) is 4.79 Å². The van der Waals surface area contributed by atoms with E-state index in [1.54, 1.807) is 18.2 Å². The smallest absolute Gasteiger partial charge is 0.287 e. The number of benzene rings is 2. The van der Waals surface area contributed by atoms with Crippen LogP contribution in [-0.4, -0.2) is 28.6 Å². The molecule has 1 aromatic heterocycles. The Morgan fingerprint density at radius 1 is 1.23 bits per heavy atom. The van der Waals surface area contributed by atoms with Crippen LogP contribution in [0.2, 0.25) is 5.02 Å². The van der Waals surface area contributed by atoms with Crippen molar-refractivity contribution in [2.75, 3.05) is 17.3 Å². The molecule has 0 atom stereocenters. The number of carbonyl (C=O) groups excluding carboxylic acids is 1. The molecule has 2 aromatic carbocycles. The predicted octanol–water partition coefficient (Wildman–Crippen LogP) is 4.42. The van der Waals surface area contributed by atoms with E-state index < -0.39 is 4.92 Å². The van der Waals surface area contributed by atoms with Crippen molar-refractivity contribution >= 4 is 40.9 Å². The van der Waals surface area contributed by atoms with E-state index in [0.29, 0.717) is 27.8 Å². The topological polar surface area (TPSA) is 119 Å². The molecular formula is C21H18ClN5O4.